The summed E-state index contributed by atoms with van der Waals surface area (Å²) in [4.78, 5) is 26.7. The average molecular weight is 559 g/mol. The fourth-order valence-corrected chi connectivity index (χ4v) is 5.51. The zero-order valence-corrected chi connectivity index (χ0v) is 22.1. The third-order valence-electron chi connectivity index (χ3n) is 7.57. The first-order chi connectivity index (χ1) is 19.7. The molecule has 1 amide bonds. The molecule has 210 valence electrons. The Hall–Kier alpha value is -4.43. The molecule has 5 rings (SSSR count). The van der Waals surface area contributed by atoms with E-state index in [1.807, 2.05) is 59.5 Å². The maximum absolute atomic E-state index is 13.2. The number of carboxylic acid groups (broad SMARTS) is 1. The van der Waals surface area contributed by atoms with Gasteiger partial charge in [0, 0.05) is 17.3 Å². The average Bonchev–Trinajstić information content (AvgIpc) is 2.97. The summed E-state index contributed by atoms with van der Waals surface area (Å²) >= 11 is 0. The molecule has 0 radical (unpaired) electrons. The second-order valence-electron chi connectivity index (χ2n) is 10.2. The number of anilines is 1. The molecule has 1 aliphatic heterocycles. The molecule has 2 unspecified atom stereocenters. The largest absolute Gasteiger partial charge is 0.480 e. The van der Waals surface area contributed by atoms with Crippen molar-refractivity contribution in [3.63, 3.8) is 0 Å². The van der Waals surface area contributed by atoms with Gasteiger partial charge < -0.3 is 10.4 Å². The van der Waals surface area contributed by atoms with Crippen LogP contribution >= 0.6 is 0 Å². The Morgan fingerprint density at radius 1 is 0.829 bits per heavy atom. The summed E-state index contributed by atoms with van der Waals surface area (Å²) < 4.78 is 39.0. The smallest absolute Gasteiger partial charge is 0.416 e. The molecule has 41 heavy (non-hydrogen) atoms. The van der Waals surface area contributed by atoms with Crippen LogP contribution in [-0.4, -0.2) is 35.0 Å². The van der Waals surface area contributed by atoms with Crippen LogP contribution < -0.4 is 5.32 Å². The van der Waals surface area contributed by atoms with Gasteiger partial charge in [-0.3, -0.25) is 14.5 Å². The molecule has 0 bridgehead atoms. The van der Waals surface area contributed by atoms with Crippen LogP contribution in [0.15, 0.2) is 103 Å². The summed E-state index contributed by atoms with van der Waals surface area (Å²) in [5.74, 6) is -0.973. The van der Waals surface area contributed by atoms with Gasteiger partial charge in [-0.2, -0.15) is 13.2 Å². The molecule has 2 N–H and O–H groups in total. The molecule has 5 nitrogen and oxygen atoms in total. The van der Waals surface area contributed by atoms with Crippen molar-refractivity contribution in [2.24, 2.45) is 0 Å². The second-order valence-corrected chi connectivity index (χ2v) is 10.2. The van der Waals surface area contributed by atoms with Crippen molar-refractivity contribution in [2.45, 2.75) is 31.0 Å². The lowest BCUT2D eigenvalue weighted by Gasteiger charge is -2.39. The van der Waals surface area contributed by atoms with Gasteiger partial charge in [0.1, 0.15) is 0 Å². The maximum atomic E-state index is 13.2. The molecule has 0 aliphatic carbocycles. The number of nitrogens with one attached hydrogen (secondary N) is 1. The van der Waals surface area contributed by atoms with Gasteiger partial charge >= 0.3 is 12.1 Å². The lowest BCUT2D eigenvalue weighted by molar-refractivity contribution is -0.139. The number of hydrogen-bond donors (Lipinski definition) is 2. The number of carbonyl (C=O) groups excluding carboxylic acids is 1. The molecule has 0 saturated carbocycles. The van der Waals surface area contributed by atoms with E-state index >= 15 is 0 Å². The minimum atomic E-state index is -4.43. The Bertz CT molecular complexity index is 1500. The summed E-state index contributed by atoms with van der Waals surface area (Å²) in [5, 5.41) is 12.3. The van der Waals surface area contributed by atoms with E-state index in [-0.39, 0.29) is 24.4 Å². The SMILES string of the molecule is O=C(O)CN1CCC(c2ccc(NC(=O)c3ccccc3-c3ccc(C(F)(F)F)cc3)cc2)CC1c1ccccc1. The van der Waals surface area contributed by atoms with E-state index in [4.69, 9.17) is 0 Å². The lowest BCUT2D eigenvalue weighted by atomic mass is 9.82. The molecule has 4 aromatic carbocycles. The molecule has 1 aliphatic rings. The summed E-state index contributed by atoms with van der Waals surface area (Å²) in [7, 11) is 0. The summed E-state index contributed by atoms with van der Waals surface area (Å²) in [6.07, 6.45) is -2.83. The number of likely N-dealkylation sites (tertiary alicyclic amines) is 1. The van der Waals surface area contributed by atoms with Gasteiger partial charge in [-0.1, -0.05) is 72.8 Å². The van der Waals surface area contributed by atoms with Crippen molar-refractivity contribution in [3.05, 3.63) is 125 Å². The van der Waals surface area contributed by atoms with Crippen LogP contribution in [0.5, 0.6) is 0 Å². The molecule has 1 heterocycles. The van der Waals surface area contributed by atoms with Gasteiger partial charge in [0.2, 0.25) is 0 Å². The zero-order valence-electron chi connectivity index (χ0n) is 22.1. The van der Waals surface area contributed by atoms with Crippen LogP contribution in [0.3, 0.4) is 0 Å². The number of nitrogens with zero attached hydrogens (tertiary/aromatic N) is 1. The quantitative estimate of drug-likeness (QED) is 0.245. The molecule has 2 atom stereocenters. The van der Waals surface area contributed by atoms with Crippen LogP contribution in [-0.2, 0) is 11.0 Å². The molecule has 8 heteroatoms. The van der Waals surface area contributed by atoms with Crippen molar-refractivity contribution >= 4 is 17.6 Å². The fraction of sp³-hybridized carbons (Fsp3) is 0.212. The highest BCUT2D eigenvalue weighted by Crippen LogP contribution is 2.39. The Labute approximate surface area is 236 Å². The Kier molecular flexibility index (Phi) is 8.21. The Morgan fingerprint density at radius 3 is 2.15 bits per heavy atom. The number of rotatable bonds is 7. The second kappa shape index (κ2) is 12.0. The van der Waals surface area contributed by atoms with E-state index in [1.54, 1.807) is 24.3 Å². The fourth-order valence-electron chi connectivity index (χ4n) is 5.51. The van der Waals surface area contributed by atoms with Crippen molar-refractivity contribution in [3.8, 4) is 11.1 Å². The van der Waals surface area contributed by atoms with E-state index in [0.29, 0.717) is 28.9 Å². The zero-order chi connectivity index (χ0) is 29.0. The predicted molar refractivity (Wildman–Crippen MR) is 152 cm³/mol. The van der Waals surface area contributed by atoms with Crippen molar-refractivity contribution in [1.82, 2.24) is 4.90 Å². The molecule has 0 spiro atoms. The highest BCUT2D eigenvalue weighted by molar-refractivity contribution is 6.08. The molecular formula is C33H29F3N2O3. The number of benzene rings is 4. The Balaban J connectivity index is 1.30. The van der Waals surface area contributed by atoms with Crippen LogP contribution in [0.4, 0.5) is 18.9 Å². The van der Waals surface area contributed by atoms with Crippen LogP contribution in [0.2, 0.25) is 0 Å². The number of amides is 1. The van der Waals surface area contributed by atoms with Crippen molar-refractivity contribution < 1.29 is 27.9 Å². The number of alkyl halides is 3. The van der Waals surface area contributed by atoms with E-state index in [2.05, 4.69) is 5.32 Å². The number of hydrogen-bond acceptors (Lipinski definition) is 3. The van der Waals surface area contributed by atoms with E-state index in [0.717, 1.165) is 36.1 Å². The maximum Gasteiger partial charge on any atom is 0.416 e. The predicted octanol–water partition coefficient (Wildman–Crippen LogP) is 7.63. The van der Waals surface area contributed by atoms with Gasteiger partial charge in [0.25, 0.3) is 5.91 Å². The number of carboxylic acids is 1. The summed E-state index contributed by atoms with van der Waals surface area (Å²) in [5.41, 5.74) is 3.47. The molecule has 4 aromatic rings. The minimum Gasteiger partial charge on any atom is -0.480 e. The minimum absolute atomic E-state index is 0.00729. The number of carbonyl (C=O) groups is 2. The van der Waals surface area contributed by atoms with E-state index in [1.165, 1.54) is 12.1 Å². The third kappa shape index (κ3) is 6.66. The number of halogens is 3. The van der Waals surface area contributed by atoms with Crippen molar-refractivity contribution in [2.75, 3.05) is 18.4 Å². The van der Waals surface area contributed by atoms with Crippen LogP contribution in [0.1, 0.15) is 51.8 Å². The van der Waals surface area contributed by atoms with E-state index in [9.17, 15) is 27.9 Å². The van der Waals surface area contributed by atoms with Gasteiger partial charge in [-0.05, 0) is 77.9 Å². The highest BCUT2D eigenvalue weighted by Gasteiger charge is 2.32. The van der Waals surface area contributed by atoms with E-state index < -0.39 is 17.7 Å². The van der Waals surface area contributed by atoms with Crippen LogP contribution in [0.25, 0.3) is 11.1 Å². The molecule has 1 fully saturated rings. The van der Waals surface area contributed by atoms with Gasteiger partial charge in [0.05, 0.1) is 12.1 Å². The number of aliphatic carboxylic acids is 1. The monoisotopic (exact) mass is 558 g/mol. The van der Waals surface area contributed by atoms with Crippen LogP contribution in [0, 0.1) is 0 Å². The lowest BCUT2D eigenvalue weighted by Crippen LogP contribution is -2.39. The highest BCUT2D eigenvalue weighted by atomic mass is 19.4. The third-order valence-corrected chi connectivity index (χ3v) is 7.57. The Morgan fingerprint density at radius 2 is 1.49 bits per heavy atom. The number of piperidine rings is 1. The summed E-state index contributed by atoms with van der Waals surface area (Å²) in [6, 6.07) is 29.1. The first-order valence-corrected chi connectivity index (χ1v) is 13.4. The normalized spacial score (nSPS) is 17.6. The first-order valence-electron chi connectivity index (χ1n) is 13.4. The van der Waals surface area contributed by atoms with Gasteiger partial charge in [0.15, 0.2) is 0 Å². The summed E-state index contributed by atoms with van der Waals surface area (Å²) in [6.45, 7) is 0.654. The molecular weight excluding hydrogens is 529 g/mol. The first kappa shape index (κ1) is 28.1. The van der Waals surface area contributed by atoms with Gasteiger partial charge in [-0.15, -0.1) is 0 Å². The standard InChI is InChI=1S/C33H29F3N2O3/c34-33(35,36)26-14-10-23(11-15-26)28-8-4-5-9-29(28)32(41)37-27-16-12-22(13-17-27)25-18-19-38(21-31(39)40)30(20-25)24-6-2-1-3-7-24/h1-17,25,30H,18-21H2,(H,37,41)(H,39,40). The topological polar surface area (TPSA) is 69.6 Å². The van der Waals surface area contributed by atoms with Crippen molar-refractivity contribution in [1.29, 1.82) is 0 Å². The van der Waals surface area contributed by atoms with Gasteiger partial charge in [-0.25, -0.2) is 0 Å². The molecule has 1 saturated heterocycles. The molecule has 0 aromatic heterocycles.